The molecule has 3 aromatic rings. The highest BCUT2D eigenvalue weighted by molar-refractivity contribution is 7.80. The maximum atomic E-state index is 13.7. The van der Waals surface area contributed by atoms with Gasteiger partial charge in [0, 0.05) is 11.3 Å². The van der Waals surface area contributed by atoms with E-state index in [4.69, 9.17) is 12.2 Å². The molecular formula is C17H13F4N5S. The number of nitrogens with one attached hydrogen (secondary N) is 2. The van der Waals surface area contributed by atoms with Crippen LogP contribution in [0.25, 0.3) is 0 Å². The Morgan fingerprint density at radius 3 is 2.59 bits per heavy atom. The first-order chi connectivity index (χ1) is 12.8. The predicted octanol–water partition coefficient (Wildman–Crippen LogP) is 4.29. The van der Waals surface area contributed by atoms with Gasteiger partial charge < -0.3 is 5.32 Å². The molecule has 0 bridgehead atoms. The summed E-state index contributed by atoms with van der Waals surface area (Å²) in [5.74, 6) is -0.222. The van der Waals surface area contributed by atoms with Crippen molar-refractivity contribution < 1.29 is 17.6 Å². The normalized spacial score (nSPS) is 11.3. The third kappa shape index (κ3) is 5.00. The third-order valence-electron chi connectivity index (χ3n) is 3.50. The Hall–Kier alpha value is -3.01. The topological polar surface area (TPSA) is 54.8 Å². The number of benzene rings is 2. The Morgan fingerprint density at radius 2 is 1.85 bits per heavy atom. The summed E-state index contributed by atoms with van der Waals surface area (Å²) in [6, 6.07) is 10.9. The molecule has 2 aromatic carbocycles. The second kappa shape index (κ2) is 7.70. The van der Waals surface area contributed by atoms with Crippen LogP contribution in [-0.4, -0.2) is 19.9 Å². The van der Waals surface area contributed by atoms with E-state index >= 15 is 0 Å². The molecule has 0 aliphatic heterocycles. The SMILES string of the molecule is Fc1ccccc1Cn1cnc(NC(=S)Nc2cccc(C(F)(F)F)c2)n1. The lowest BCUT2D eigenvalue weighted by atomic mass is 10.2. The highest BCUT2D eigenvalue weighted by atomic mass is 32.1. The molecule has 5 nitrogen and oxygen atoms in total. The number of hydrogen-bond acceptors (Lipinski definition) is 3. The Kier molecular flexibility index (Phi) is 5.36. The number of hydrogen-bond donors (Lipinski definition) is 2. The first kappa shape index (κ1) is 18.8. The average molecular weight is 395 g/mol. The van der Waals surface area contributed by atoms with E-state index in [9.17, 15) is 17.6 Å². The van der Waals surface area contributed by atoms with Crippen LogP contribution < -0.4 is 10.6 Å². The van der Waals surface area contributed by atoms with Crippen LogP contribution in [0, 0.1) is 5.82 Å². The Balaban J connectivity index is 1.62. The van der Waals surface area contributed by atoms with Gasteiger partial charge in [-0.15, -0.1) is 5.10 Å². The van der Waals surface area contributed by atoms with Crippen molar-refractivity contribution in [2.45, 2.75) is 12.7 Å². The van der Waals surface area contributed by atoms with Crippen molar-refractivity contribution in [3.63, 3.8) is 0 Å². The number of rotatable bonds is 4. The van der Waals surface area contributed by atoms with E-state index in [2.05, 4.69) is 20.7 Å². The Labute approximate surface area is 157 Å². The summed E-state index contributed by atoms with van der Waals surface area (Å²) in [4.78, 5) is 3.99. The molecule has 0 aliphatic carbocycles. The molecule has 0 fully saturated rings. The highest BCUT2D eigenvalue weighted by Gasteiger charge is 2.30. The molecule has 0 aliphatic rings. The van der Waals surface area contributed by atoms with E-state index in [1.54, 1.807) is 18.2 Å². The van der Waals surface area contributed by atoms with Crippen LogP contribution in [-0.2, 0) is 12.7 Å². The molecule has 0 radical (unpaired) electrons. The zero-order chi connectivity index (χ0) is 19.4. The number of thiocarbonyl (C=S) groups is 1. The number of halogens is 4. The van der Waals surface area contributed by atoms with Gasteiger partial charge in [-0.3, -0.25) is 5.32 Å². The van der Waals surface area contributed by atoms with E-state index in [0.717, 1.165) is 12.1 Å². The lowest BCUT2D eigenvalue weighted by Crippen LogP contribution is -2.20. The van der Waals surface area contributed by atoms with Crippen molar-refractivity contribution >= 4 is 29.0 Å². The van der Waals surface area contributed by atoms with Gasteiger partial charge in [-0.1, -0.05) is 24.3 Å². The van der Waals surface area contributed by atoms with Gasteiger partial charge in [-0.25, -0.2) is 14.1 Å². The zero-order valence-corrected chi connectivity index (χ0v) is 14.5. The largest absolute Gasteiger partial charge is 0.416 e. The van der Waals surface area contributed by atoms with Crippen molar-refractivity contribution in [1.29, 1.82) is 0 Å². The second-order valence-electron chi connectivity index (χ2n) is 5.51. The molecule has 27 heavy (non-hydrogen) atoms. The third-order valence-corrected chi connectivity index (χ3v) is 3.70. The summed E-state index contributed by atoms with van der Waals surface area (Å²) >= 11 is 5.06. The predicted molar refractivity (Wildman–Crippen MR) is 96.8 cm³/mol. The summed E-state index contributed by atoms with van der Waals surface area (Å²) in [7, 11) is 0. The van der Waals surface area contributed by atoms with Gasteiger partial charge >= 0.3 is 6.18 Å². The average Bonchev–Trinajstić information content (AvgIpc) is 3.03. The minimum Gasteiger partial charge on any atom is -0.332 e. The fraction of sp³-hybridized carbons (Fsp3) is 0.118. The molecular weight excluding hydrogens is 382 g/mol. The number of nitrogens with zero attached hydrogens (tertiary/aromatic N) is 3. The van der Waals surface area contributed by atoms with E-state index in [0.29, 0.717) is 5.56 Å². The summed E-state index contributed by atoms with van der Waals surface area (Å²) in [6.45, 7) is 0.176. The van der Waals surface area contributed by atoms with Gasteiger partial charge in [0.15, 0.2) is 5.11 Å². The summed E-state index contributed by atoms with van der Waals surface area (Å²) in [5, 5.41) is 9.44. The number of aromatic nitrogens is 3. The van der Waals surface area contributed by atoms with Gasteiger partial charge in [-0.05, 0) is 36.5 Å². The van der Waals surface area contributed by atoms with Crippen LogP contribution in [0.4, 0.5) is 29.2 Å². The maximum Gasteiger partial charge on any atom is 0.416 e. The van der Waals surface area contributed by atoms with Crippen LogP contribution in [0.15, 0.2) is 54.9 Å². The molecule has 0 saturated heterocycles. The van der Waals surface area contributed by atoms with Gasteiger partial charge in [-0.2, -0.15) is 13.2 Å². The smallest absolute Gasteiger partial charge is 0.332 e. The molecule has 0 unspecified atom stereocenters. The molecule has 3 rings (SSSR count). The standard InChI is InChI=1S/C17H13F4N5S/c18-14-7-2-1-4-11(14)9-26-10-22-15(25-26)24-16(27)23-13-6-3-5-12(8-13)17(19,20)21/h1-8,10H,9H2,(H2,23,24,25,27). The molecule has 2 N–H and O–H groups in total. The summed E-state index contributed by atoms with van der Waals surface area (Å²) < 4.78 is 53.3. The van der Waals surface area contributed by atoms with Crippen molar-refractivity contribution in [2.75, 3.05) is 10.6 Å². The first-order valence-electron chi connectivity index (χ1n) is 7.69. The lowest BCUT2D eigenvalue weighted by molar-refractivity contribution is -0.137. The van der Waals surface area contributed by atoms with Crippen LogP contribution in [0.2, 0.25) is 0 Å². The fourth-order valence-corrected chi connectivity index (χ4v) is 2.48. The van der Waals surface area contributed by atoms with E-state index in [-0.39, 0.29) is 29.1 Å². The maximum absolute atomic E-state index is 13.7. The van der Waals surface area contributed by atoms with Crippen molar-refractivity contribution in [3.8, 4) is 0 Å². The highest BCUT2D eigenvalue weighted by Crippen LogP contribution is 2.30. The molecule has 0 atom stereocenters. The monoisotopic (exact) mass is 395 g/mol. The van der Waals surface area contributed by atoms with Gasteiger partial charge in [0.25, 0.3) is 0 Å². The first-order valence-corrected chi connectivity index (χ1v) is 8.10. The quantitative estimate of drug-likeness (QED) is 0.510. The van der Waals surface area contributed by atoms with Crippen LogP contribution in [0.1, 0.15) is 11.1 Å². The molecule has 0 amide bonds. The molecule has 1 aromatic heterocycles. The van der Waals surface area contributed by atoms with Gasteiger partial charge in [0.05, 0.1) is 12.1 Å². The van der Waals surface area contributed by atoms with Crippen LogP contribution in [0.5, 0.6) is 0 Å². The Bertz CT molecular complexity index is 954. The minimum absolute atomic E-state index is 0.0259. The van der Waals surface area contributed by atoms with Gasteiger partial charge in [0.2, 0.25) is 5.95 Å². The van der Waals surface area contributed by atoms with E-state index in [1.165, 1.54) is 29.2 Å². The van der Waals surface area contributed by atoms with Crippen LogP contribution in [0.3, 0.4) is 0 Å². The minimum atomic E-state index is -4.44. The summed E-state index contributed by atoms with van der Waals surface area (Å²) in [5.41, 5.74) is -0.172. The zero-order valence-electron chi connectivity index (χ0n) is 13.7. The molecule has 140 valence electrons. The van der Waals surface area contributed by atoms with Crippen LogP contribution >= 0.6 is 12.2 Å². The molecule has 1 heterocycles. The molecule has 0 saturated carbocycles. The van der Waals surface area contributed by atoms with Crippen molar-refractivity contribution in [3.05, 3.63) is 71.8 Å². The lowest BCUT2D eigenvalue weighted by Gasteiger charge is -2.11. The van der Waals surface area contributed by atoms with Crippen molar-refractivity contribution in [2.24, 2.45) is 0 Å². The van der Waals surface area contributed by atoms with E-state index < -0.39 is 11.7 Å². The Morgan fingerprint density at radius 1 is 1.07 bits per heavy atom. The van der Waals surface area contributed by atoms with Gasteiger partial charge in [0.1, 0.15) is 12.1 Å². The van der Waals surface area contributed by atoms with Crippen molar-refractivity contribution in [1.82, 2.24) is 14.8 Å². The van der Waals surface area contributed by atoms with E-state index in [1.807, 2.05) is 0 Å². The summed E-state index contributed by atoms with van der Waals surface area (Å²) in [6.07, 6.45) is -3.05. The number of alkyl halides is 3. The molecule has 0 spiro atoms. The second-order valence-corrected chi connectivity index (χ2v) is 5.92. The molecule has 10 heteroatoms. The fourth-order valence-electron chi connectivity index (χ4n) is 2.27. The number of anilines is 2.